The van der Waals surface area contributed by atoms with E-state index in [0.29, 0.717) is 0 Å². The van der Waals surface area contributed by atoms with Gasteiger partial charge in [0.05, 0.1) is 7.11 Å². The predicted molar refractivity (Wildman–Crippen MR) is 85.1 cm³/mol. The number of rotatable bonds is 4. The molecule has 20 heavy (non-hydrogen) atoms. The molecular formula is C17H22O2S. The molecule has 0 radical (unpaired) electrons. The summed E-state index contributed by atoms with van der Waals surface area (Å²) >= 11 is 2.03. The smallest absolute Gasteiger partial charge is 0.122 e. The Morgan fingerprint density at radius 1 is 1.30 bits per heavy atom. The fourth-order valence-corrected chi connectivity index (χ4v) is 3.86. The molecule has 0 amide bonds. The Morgan fingerprint density at radius 2 is 2.10 bits per heavy atom. The Balaban J connectivity index is 2.03. The van der Waals surface area contributed by atoms with Gasteiger partial charge in [-0.05, 0) is 31.0 Å². The monoisotopic (exact) mass is 290 g/mol. The highest BCUT2D eigenvalue weighted by Gasteiger charge is 2.14. The fraction of sp³-hybridized carbons (Fsp3) is 0.529. The van der Waals surface area contributed by atoms with Crippen LogP contribution in [0.25, 0.3) is 0 Å². The van der Waals surface area contributed by atoms with Crippen molar-refractivity contribution in [1.82, 2.24) is 0 Å². The summed E-state index contributed by atoms with van der Waals surface area (Å²) in [7, 11) is 1.71. The van der Waals surface area contributed by atoms with Gasteiger partial charge < -0.3 is 9.84 Å². The molecule has 0 atom stereocenters. The molecule has 0 unspecified atom stereocenters. The van der Waals surface area contributed by atoms with Crippen molar-refractivity contribution in [2.45, 2.75) is 43.1 Å². The van der Waals surface area contributed by atoms with Crippen molar-refractivity contribution in [2.24, 2.45) is 0 Å². The summed E-state index contributed by atoms with van der Waals surface area (Å²) in [4.78, 5) is 0. The van der Waals surface area contributed by atoms with E-state index in [9.17, 15) is 0 Å². The van der Waals surface area contributed by atoms with Gasteiger partial charge in [-0.1, -0.05) is 31.1 Å². The lowest BCUT2D eigenvalue weighted by atomic mass is 10.0. The van der Waals surface area contributed by atoms with Gasteiger partial charge in [0.25, 0.3) is 0 Å². The summed E-state index contributed by atoms with van der Waals surface area (Å²) in [5, 5.41) is 9.56. The molecule has 0 bridgehead atoms. The van der Waals surface area contributed by atoms with Gasteiger partial charge in [-0.3, -0.25) is 0 Å². The first-order valence-corrected chi connectivity index (χ1v) is 8.26. The zero-order chi connectivity index (χ0) is 14.2. The van der Waals surface area contributed by atoms with Gasteiger partial charge in [-0.2, -0.15) is 11.8 Å². The van der Waals surface area contributed by atoms with Crippen LogP contribution >= 0.6 is 11.8 Å². The van der Waals surface area contributed by atoms with Crippen LogP contribution in [-0.4, -0.2) is 24.1 Å². The minimum Gasteiger partial charge on any atom is -0.496 e. The first-order valence-electron chi connectivity index (χ1n) is 7.21. The first kappa shape index (κ1) is 15.3. The minimum atomic E-state index is -0.0990. The summed E-state index contributed by atoms with van der Waals surface area (Å²) in [6.45, 7) is -0.0990. The van der Waals surface area contributed by atoms with E-state index in [2.05, 4.69) is 17.9 Å². The van der Waals surface area contributed by atoms with E-state index in [1.54, 1.807) is 7.11 Å². The Morgan fingerprint density at radius 3 is 2.80 bits per heavy atom. The van der Waals surface area contributed by atoms with Crippen LogP contribution in [0.4, 0.5) is 0 Å². The van der Waals surface area contributed by atoms with E-state index in [-0.39, 0.29) is 6.61 Å². The normalized spacial score (nSPS) is 15.5. The topological polar surface area (TPSA) is 29.5 Å². The van der Waals surface area contributed by atoms with Crippen molar-refractivity contribution >= 4 is 11.8 Å². The Labute approximate surface area is 125 Å². The Bertz CT molecular complexity index is 481. The van der Waals surface area contributed by atoms with Crippen molar-refractivity contribution in [3.8, 4) is 17.6 Å². The standard InChI is InChI=1S/C17H22O2S/c1-19-17-10-9-14(6-5-11-18)12-15(17)13-20-16-7-3-2-4-8-16/h9-10,12,16,18H,2-4,7-8,11,13H2,1H3. The van der Waals surface area contributed by atoms with Crippen molar-refractivity contribution < 1.29 is 9.84 Å². The number of benzene rings is 1. The summed E-state index contributed by atoms with van der Waals surface area (Å²) < 4.78 is 5.43. The molecule has 1 N–H and O–H groups in total. The zero-order valence-corrected chi connectivity index (χ0v) is 12.8. The minimum absolute atomic E-state index is 0.0990. The molecule has 1 aromatic rings. The predicted octanol–water partition coefficient (Wildman–Crippen LogP) is 3.60. The fourth-order valence-electron chi connectivity index (χ4n) is 2.55. The van der Waals surface area contributed by atoms with E-state index in [0.717, 1.165) is 22.3 Å². The third kappa shape index (κ3) is 4.47. The average Bonchev–Trinajstić information content (AvgIpc) is 2.52. The maximum Gasteiger partial charge on any atom is 0.122 e. The second kappa shape index (κ2) is 8.24. The van der Waals surface area contributed by atoms with Gasteiger partial charge in [-0.25, -0.2) is 0 Å². The van der Waals surface area contributed by atoms with Gasteiger partial charge in [0, 0.05) is 22.1 Å². The molecule has 1 aliphatic rings. The molecule has 0 heterocycles. The van der Waals surface area contributed by atoms with Gasteiger partial charge >= 0.3 is 0 Å². The molecule has 1 saturated carbocycles. The Hall–Kier alpha value is -1.11. The van der Waals surface area contributed by atoms with Crippen molar-refractivity contribution in [1.29, 1.82) is 0 Å². The third-order valence-electron chi connectivity index (χ3n) is 3.62. The largest absolute Gasteiger partial charge is 0.496 e. The van der Waals surface area contributed by atoms with Crippen LogP contribution in [0.1, 0.15) is 43.2 Å². The second-order valence-electron chi connectivity index (χ2n) is 5.06. The lowest BCUT2D eigenvalue weighted by Gasteiger charge is -2.21. The van der Waals surface area contributed by atoms with Gasteiger partial charge in [0.2, 0.25) is 0 Å². The molecule has 2 nitrogen and oxygen atoms in total. The number of hydrogen-bond acceptors (Lipinski definition) is 3. The molecule has 1 fully saturated rings. The number of aliphatic hydroxyl groups is 1. The molecular weight excluding hydrogens is 268 g/mol. The highest BCUT2D eigenvalue weighted by atomic mass is 32.2. The number of hydrogen-bond donors (Lipinski definition) is 1. The third-order valence-corrected chi connectivity index (χ3v) is 5.04. The number of ether oxygens (including phenoxy) is 1. The first-order chi connectivity index (χ1) is 9.83. The van der Waals surface area contributed by atoms with E-state index in [1.165, 1.54) is 37.7 Å². The summed E-state index contributed by atoms with van der Waals surface area (Å²) in [5.41, 5.74) is 2.15. The Kier molecular flexibility index (Phi) is 6.29. The van der Waals surface area contributed by atoms with Crippen LogP contribution in [0.15, 0.2) is 18.2 Å². The summed E-state index contributed by atoms with van der Waals surface area (Å²) in [6, 6.07) is 5.99. The summed E-state index contributed by atoms with van der Waals surface area (Å²) in [5.74, 6) is 7.56. The average molecular weight is 290 g/mol. The second-order valence-corrected chi connectivity index (χ2v) is 6.35. The number of aliphatic hydroxyl groups excluding tert-OH is 1. The summed E-state index contributed by atoms with van der Waals surface area (Å²) in [6.07, 6.45) is 6.83. The van der Waals surface area contributed by atoms with Crippen molar-refractivity contribution in [2.75, 3.05) is 13.7 Å². The van der Waals surface area contributed by atoms with Crippen molar-refractivity contribution in [3.05, 3.63) is 29.3 Å². The van der Waals surface area contributed by atoms with E-state index in [1.807, 2.05) is 23.9 Å². The van der Waals surface area contributed by atoms with Crippen LogP contribution in [0.5, 0.6) is 5.75 Å². The maximum atomic E-state index is 8.77. The molecule has 108 valence electrons. The molecule has 3 heteroatoms. The van der Waals surface area contributed by atoms with Crippen LogP contribution < -0.4 is 4.74 Å². The highest BCUT2D eigenvalue weighted by molar-refractivity contribution is 7.99. The molecule has 1 aromatic carbocycles. The van der Waals surface area contributed by atoms with Gasteiger partial charge in [0.15, 0.2) is 0 Å². The highest BCUT2D eigenvalue weighted by Crippen LogP contribution is 2.33. The molecule has 0 spiro atoms. The SMILES string of the molecule is COc1ccc(C#CCO)cc1CSC1CCCCC1. The van der Waals surface area contributed by atoms with Crippen LogP contribution in [0, 0.1) is 11.8 Å². The van der Waals surface area contributed by atoms with Gasteiger partial charge in [0.1, 0.15) is 12.4 Å². The molecule has 0 aromatic heterocycles. The molecule has 0 saturated heterocycles. The maximum absolute atomic E-state index is 8.77. The van der Waals surface area contributed by atoms with Crippen LogP contribution in [0.3, 0.4) is 0 Å². The van der Waals surface area contributed by atoms with E-state index >= 15 is 0 Å². The number of thioether (sulfide) groups is 1. The molecule has 2 rings (SSSR count). The van der Waals surface area contributed by atoms with E-state index < -0.39 is 0 Å². The molecule has 0 aliphatic heterocycles. The van der Waals surface area contributed by atoms with E-state index in [4.69, 9.17) is 9.84 Å². The van der Waals surface area contributed by atoms with Crippen LogP contribution in [-0.2, 0) is 5.75 Å². The quantitative estimate of drug-likeness (QED) is 0.859. The van der Waals surface area contributed by atoms with Crippen molar-refractivity contribution in [3.63, 3.8) is 0 Å². The lowest BCUT2D eigenvalue weighted by molar-refractivity contribution is 0.350. The zero-order valence-electron chi connectivity index (χ0n) is 12.0. The lowest BCUT2D eigenvalue weighted by Crippen LogP contribution is -2.08. The van der Waals surface area contributed by atoms with Crippen LogP contribution in [0.2, 0.25) is 0 Å². The van der Waals surface area contributed by atoms with Gasteiger partial charge in [-0.15, -0.1) is 0 Å². The number of methoxy groups -OCH3 is 1. The molecule has 1 aliphatic carbocycles.